The normalized spacial score (nSPS) is 21.5. The molecule has 0 aliphatic carbocycles. The minimum absolute atomic E-state index is 0.320. The van der Waals surface area contributed by atoms with Gasteiger partial charge in [-0.1, -0.05) is 19.1 Å². The van der Waals surface area contributed by atoms with E-state index >= 15 is 0 Å². The molecule has 0 spiro atoms. The average molecular weight is 288 g/mol. The molecule has 1 N–H and O–H groups in total. The molecule has 2 aliphatic heterocycles. The molecule has 0 saturated carbocycles. The fraction of sp³-hybridized carbons (Fsp3) is 0.667. The molecule has 1 aromatic rings. The molecule has 1 saturated heterocycles. The molecule has 2 aliphatic rings. The van der Waals surface area contributed by atoms with Crippen LogP contribution in [0, 0.1) is 5.41 Å². The Labute approximate surface area is 128 Å². The van der Waals surface area contributed by atoms with Gasteiger partial charge in [0.15, 0.2) is 0 Å². The molecule has 0 atom stereocenters. The van der Waals surface area contributed by atoms with Crippen LogP contribution in [-0.4, -0.2) is 30.6 Å². The Morgan fingerprint density at radius 1 is 1.24 bits per heavy atom. The average Bonchev–Trinajstić information content (AvgIpc) is 2.94. The Morgan fingerprint density at radius 3 is 2.71 bits per heavy atom. The third-order valence-electron chi connectivity index (χ3n) is 5.16. The van der Waals surface area contributed by atoms with Gasteiger partial charge in [-0.2, -0.15) is 0 Å². The van der Waals surface area contributed by atoms with Gasteiger partial charge in [0.25, 0.3) is 0 Å². The predicted octanol–water partition coefficient (Wildman–Crippen LogP) is 3.18. The Bertz CT molecular complexity index is 490. The van der Waals surface area contributed by atoms with Crippen LogP contribution in [0.2, 0.25) is 0 Å². The summed E-state index contributed by atoms with van der Waals surface area (Å²) in [6, 6.07) is 7.10. The maximum Gasteiger partial charge on any atom is 0.124 e. The van der Waals surface area contributed by atoms with Crippen LogP contribution in [0.15, 0.2) is 18.2 Å². The molecule has 3 rings (SSSR count). The van der Waals surface area contributed by atoms with Gasteiger partial charge in [-0.15, -0.1) is 0 Å². The second-order valence-electron chi connectivity index (χ2n) is 7.23. The van der Waals surface area contributed by atoms with Gasteiger partial charge in [-0.3, -0.25) is 0 Å². The molecule has 21 heavy (non-hydrogen) atoms. The van der Waals surface area contributed by atoms with Crippen molar-refractivity contribution in [2.24, 2.45) is 5.41 Å². The lowest BCUT2D eigenvalue weighted by Gasteiger charge is -2.40. The summed E-state index contributed by atoms with van der Waals surface area (Å²) >= 11 is 0. The summed E-state index contributed by atoms with van der Waals surface area (Å²) in [6.45, 7) is 12.1. The van der Waals surface area contributed by atoms with Gasteiger partial charge in [0, 0.05) is 30.1 Å². The summed E-state index contributed by atoms with van der Waals surface area (Å²) in [4.78, 5) is 2.58. The van der Waals surface area contributed by atoms with Gasteiger partial charge in [-0.05, 0) is 51.4 Å². The first kappa shape index (κ1) is 14.9. The van der Waals surface area contributed by atoms with Gasteiger partial charge in [0.1, 0.15) is 5.75 Å². The number of fused-ring (bicyclic) bond motifs is 1. The molecule has 1 fully saturated rings. The Balaban J connectivity index is 1.59. The first-order chi connectivity index (χ1) is 10.1. The molecule has 0 bridgehead atoms. The van der Waals surface area contributed by atoms with Crippen LogP contribution in [-0.2, 0) is 13.1 Å². The Hall–Kier alpha value is -1.06. The minimum Gasteiger partial charge on any atom is -0.493 e. The monoisotopic (exact) mass is 288 g/mol. The van der Waals surface area contributed by atoms with Gasteiger partial charge in [-0.25, -0.2) is 0 Å². The SMILES string of the molecule is CC(C)N1CCC(C)(COc2cccc3c2CNC3)CC1. The maximum absolute atomic E-state index is 6.23. The van der Waals surface area contributed by atoms with E-state index in [9.17, 15) is 0 Å². The van der Waals surface area contributed by atoms with E-state index in [1.165, 1.54) is 37.1 Å². The minimum atomic E-state index is 0.320. The van der Waals surface area contributed by atoms with E-state index in [1.807, 2.05) is 0 Å². The summed E-state index contributed by atoms with van der Waals surface area (Å²) in [7, 11) is 0. The molecule has 3 nitrogen and oxygen atoms in total. The third-order valence-corrected chi connectivity index (χ3v) is 5.16. The van der Waals surface area contributed by atoms with Crippen LogP contribution in [0.4, 0.5) is 0 Å². The highest BCUT2D eigenvalue weighted by atomic mass is 16.5. The number of hydrogen-bond acceptors (Lipinski definition) is 3. The standard InChI is InChI=1S/C18H28N2O/c1-14(2)20-9-7-18(3,8-10-20)13-21-17-6-4-5-15-11-19-12-16(15)17/h4-6,14,19H,7-13H2,1-3H3. The number of rotatable bonds is 4. The lowest BCUT2D eigenvalue weighted by Crippen LogP contribution is -2.44. The largest absolute Gasteiger partial charge is 0.493 e. The zero-order chi connectivity index (χ0) is 14.9. The van der Waals surface area contributed by atoms with Crippen molar-refractivity contribution in [3.8, 4) is 5.75 Å². The van der Waals surface area contributed by atoms with Crippen molar-refractivity contribution in [1.82, 2.24) is 10.2 Å². The fourth-order valence-corrected chi connectivity index (χ4v) is 3.41. The molecule has 0 unspecified atom stereocenters. The highest BCUT2D eigenvalue weighted by Crippen LogP contribution is 2.34. The number of likely N-dealkylation sites (tertiary alicyclic amines) is 1. The first-order valence-electron chi connectivity index (χ1n) is 8.26. The second kappa shape index (κ2) is 5.98. The van der Waals surface area contributed by atoms with E-state index < -0.39 is 0 Å². The molecule has 2 heterocycles. The van der Waals surface area contributed by atoms with Gasteiger partial charge >= 0.3 is 0 Å². The third kappa shape index (κ3) is 3.24. The molecule has 1 aromatic carbocycles. The van der Waals surface area contributed by atoms with Crippen LogP contribution >= 0.6 is 0 Å². The molecule has 0 aromatic heterocycles. The number of nitrogens with zero attached hydrogens (tertiary/aromatic N) is 1. The lowest BCUT2D eigenvalue weighted by atomic mass is 9.81. The van der Waals surface area contributed by atoms with Crippen molar-refractivity contribution < 1.29 is 4.74 Å². The zero-order valence-electron chi connectivity index (χ0n) is 13.6. The Kier molecular flexibility index (Phi) is 4.23. The summed E-state index contributed by atoms with van der Waals surface area (Å²) in [5.41, 5.74) is 3.08. The van der Waals surface area contributed by atoms with E-state index in [-0.39, 0.29) is 0 Å². The number of benzene rings is 1. The van der Waals surface area contributed by atoms with Crippen molar-refractivity contribution in [3.63, 3.8) is 0 Å². The highest BCUT2D eigenvalue weighted by molar-refractivity contribution is 5.42. The van der Waals surface area contributed by atoms with Crippen LogP contribution < -0.4 is 10.1 Å². The first-order valence-corrected chi connectivity index (χ1v) is 8.26. The van der Waals surface area contributed by atoms with E-state index in [1.54, 1.807) is 0 Å². The predicted molar refractivity (Wildman–Crippen MR) is 86.5 cm³/mol. The summed E-state index contributed by atoms with van der Waals surface area (Å²) in [6.07, 6.45) is 2.47. The molecular weight excluding hydrogens is 260 g/mol. The molecular formula is C18H28N2O. The number of piperidine rings is 1. The van der Waals surface area contributed by atoms with Crippen molar-refractivity contribution >= 4 is 0 Å². The van der Waals surface area contributed by atoms with E-state index in [0.717, 1.165) is 25.4 Å². The van der Waals surface area contributed by atoms with E-state index in [4.69, 9.17) is 4.74 Å². The zero-order valence-corrected chi connectivity index (χ0v) is 13.6. The molecule has 116 valence electrons. The van der Waals surface area contributed by atoms with Crippen molar-refractivity contribution in [2.75, 3.05) is 19.7 Å². The Morgan fingerprint density at radius 2 is 2.00 bits per heavy atom. The van der Waals surface area contributed by atoms with Crippen molar-refractivity contribution in [3.05, 3.63) is 29.3 Å². The second-order valence-corrected chi connectivity index (χ2v) is 7.23. The van der Waals surface area contributed by atoms with Gasteiger partial charge < -0.3 is 15.0 Å². The van der Waals surface area contributed by atoms with Crippen LogP contribution in [0.25, 0.3) is 0 Å². The maximum atomic E-state index is 6.23. The van der Waals surface area contributed by atoms with Gasteiger partial charge in [0.2, 0.25) is 0 Å². The van der Waals surface area contributed by atoms with Crippen molar-refractivity contribution in [1.29, 1.82) is 0 Å². The van der Waals surface area contributed by atoms with Crippen LogP contribution in [0.3, 0.4) is 0 Å². The lowest BCUT2D eigenvalue weighted by molar-refractivity contribution is 0.0550. The fourth-order valence-electron chi connectivity index (χ4n) is 3.41. The van der Waals surface area contributed by atoms with Gasteiger partial charge in [0.05, 0.1) is 6.61 Å². The quantitative estimate of drug-likeness (QED) is 0.921. The van der Waals surface area contributed by atoms with Crippen LogP contribution in [0.5, 0.6) is 5.75 Å². The van der Waals surface area contributed by atoms with E-state index in [0.29, 0.717) is 11.5 Å². The molecule has 0 radical (unpaired) electrons. The van der Waals surface area contributed by atoms with Crippen molar-refractivity contribution in [2.45, 2.75) is 52.7 Å². The number of nitrogens with one attached hydrogen (secondary N) is 1. The molecule has 3 heteroatoms. The smallest absolute Gasteiger partial charge is 0.124 e. The number of ether oxygens (including phenoxy) is 1. The van der Waals surface area contributed by atoms with E-state index in [2.05, 4.69) is 49.2 Å². The molecule has 0 amide bonds. The highest BCUT2D eigenvalue weighted by Gasteiger charge is 2.32. The number of hydrogen-bond donors (Lipinski definition) is 1. The summed E-state index contributed by atoms with van der Waals surface area (Å²) in [5, 5.41) is 3.41. The summed E-state index contributed by atoms with van der Waals surface area (Å²) in [5.74, 6) is 1.09. The van der Waals surface area contributed by atoms with Crippen LogP contribution in [0.1, 0.15) is 44.7 Å². The topological polar surface area (TPSA) is 24.5 Å². The summed E-state index contributed by atoms with van der Waals surface area (Å²) < 4.78 is 6.23.